The molecule has 2 rings (SSSR count). The van der Waals surface area contributed by atoms with E-state index in [1.54, 1.807) is 30.3 Å². The lowest BCUT2D eigenvalue weighted by molar-refractivity contribution is -0.122. The molecule has 22 heavy (non-hydrogen) atoms. The number of nitrogens with one attached hydrogen (secondary N) is 1. The molecule has 112 valence electrons. The Hall–Kier alpha value is -2.39. The molecule has 0 aliphatic rings. The average Bonchev–Trinajstić information content (AvgIpc) is 2.50. The lowest BCUT2D eigenvalue weighted by atomic mass is 10.2. The molecule has 0 unspecified atom stereocenters. The molecular formula is C16H12BrFN2O2. The van der Waals surface area contributed by atoms with Crippen molar-refractivity contribution in [3.63, 3.8) is 0 Å². The van der Waals surface area contributed by atoms with Crippen molar-refractivity contribution in [2.24, 2.45) is 0 Å². The first-order valence-corrected chi connectivity index (χ1v) is 7.22. The lowest BCUT2D eigenvalue weighted by Crippen LogP contribution is -2.30. The molecule has 1 N–H and O–H groups in total. The number of hydrogen-bond donors (Lipinski definition) is 1. The fourth-order valence-corrected chi connectivity index (χ4v) is 2.07. The van der Waals surface area contributed by atoms with Gasteiger partial charge in [0.25, 0.3) is 5.91 Å². The third-order valence-corrected chi connectivity index (χ3v) is 3.37. The summed E-state index contributed by atoms with van der Waals surface area (Å²) in [5.74, 6) is -1.05. The van der Waals surface area contributed by atoms with Crippen LogP contribution in [-0.4, -0.2) is 12.0 Å². The quantitative estimate of drug-likeness (QED) is 0.897. The number of carbonyl (C=O) groups excluding carboxylic acids is 1. The van der Waals surface area contributed by atoms with Crippen molar-refractivity contribution in [3.05, 3.63) is 58.3 Å². The van der Waals surface area contributed by atoms with Crippen LogP contribution in [0.3, 0.4) is 0 Å². The monoisotopic (exact) mass is 362 g/mol. The molecule has 2 aromatic carbocycles. The number of hydrogen-bond acceptors (Lipinski definition) is 3. The first-order chi connectivity index (χ1) is 10.5. The van der Waals surface area contributed by atoms with Gasteiger partial charge in [-0.15, -0.1) is 0 Å². The molecule has 0 saturated carbocycles. The Labute approximate surface area is 135 Å². The summed E-state index contributed by atoms with van der Waals surface area (Å²) < 4.78 is 19.6. The van der Waals surface area contributed by atoms with E-state index in [0.717, 1.165) is 0 Å². The number of para-hydroxylation sites is 1. The van der Waals surface area contributed by atoms with Gasteiger partial charge in [0, 0.05) is 4.47 Å². The zero-order chi connectivity index (χ0) is 16.1. The summed E-state index contributed by atoms with van der Waals surface area (Å²) in [6, 6.07) is 12.9. The Balaban J connectivity index is 2.08. The van der Waals surface area contributed by atoms with Crippen LogP contribution in [-0.2, 0) is 4.79 Å². The summed E-state index contributed by atoms with van der Waals surface area (Å²) in [6.45, 7) is 1.51. The van der Waals surface area contributed by atoms with Gasteiger partial charge in [0.15, 0.2) is 17.7 Å². The SMILES string of the molecule is C[C@H](Oc1ccc(Br)cc1F)C(=O)Nc1ccccc1C#N. The Morgan fingerprint density at radius 2 is 2.09 bits per heavy atom. The summed E-state index contributed by atoms with van der Waals surface area (Å²) in [5, 5.41) is 11.6. The summed E-state index contributed by atoms with van der Waals surface area (Å²) in [4.78, 5) is 12.1. The van der Waals surface area contributed by atoms with Crippen LogP contribution < -0.4 is 10.1 Å². The molecule has 0 aliphatic carbocycles. The normalized spacial score (nSPS) is 11.4. The van der Waals surface area contributed by atoms with E-state index >= 15 is 0 Å². The van der Waals surface area contributed by atoms with Crippen molar-refractivity contribution in [2.45, 2.75) is 13.0 Å². The Morgan fingerprint density at radius 1 is 1.36 bits per heavy atom. The lowest BCUT2D eigenvalue weighted by Gasteiger charge is -2.15. The standard InChI is InChI=1S/C16H12BrFN2O2/c1-10(22-15-7-6-12(17)8-13(15)18)16(21)20-14-5-3-2-4-11(14)9-19/h2-8,10H,1H3,(H,20,21)/t10-/m0/s1. The van der Waals surface area contributed by atoms with Gasteiger partial charge in [0.05, 0.1) is 11.3 Å². The Morgan fingerprint density at radius 3 is 2.77 bits per heavy atom. The number of nitrogens with zero attached hydrogens (tertiary/aromatic N) is 1. The van der Waals surface area contributed by atoms with Crippen molar-refractivity contribution in [1.82, 2.24) is 0 Å². The van der Waals surface area contributed by atoms with Gasteiger partial charge in [0.2, 0.25) is 0 Å². The van der Waals surface area contributed by atoms with E-state index in [4.69, 9.17) is 10.00 Å². The van der Waals surface area contributed by atoms with E-state index in [1.807, 2.05) is 6.07 Å². The average molecular weight is 363 g/mol. The van der Waals surface area contributed by atoms with E-state index in [0.29, 0.717) is 15.7 Å². The number of carbonyl (C=O) groups is 1. The summed E-state index contributed by atoms with van der Waals surface area (Å²) in [6.07, 6.45) is -0.914. The molecule has 6 heteroatoms. The number of amides is 1. The number of benzene rings is 2. The molecule has 0 heterocycles. The first-order valence-electron chi connectivity index (χ1n) is 6.43. The molecule has 0 radical (unpaired) electrons. The highest BCUT2D eigenvalue weighted by Gasteiger charge is 2.18. The second-order valence-electron chi connectivity index (χ2n) is 4.48. The zero-order valence-electron chi connectivity index (χ0n) is 11.6. The van der Waals surface area contributed by atoms with Crippen LogP contribution in [0.15, 0.2) is 46.9 Å². The fourth-order valence-electron chi connectivity index (χ4n) is 1.74. The maximum Gasteiger partial charge on any atom is 0.265 e. The summed E-state index contributed by atoms with van der Waals surface area (Å²) >= 11 is 3.15. The van der Waals surface area contributed by atoms with Crippen LogP contribution in [0, 0.1) is 17.1 Å². The number of halogens is 2. The third-order valence-electron chi connectivity index (χ3n) is 2.87. The predicted molar refractivity (Wildman–Crippen MR) is 84.0 cm³/mol. The molecular weight excluding hydrogens is 351 g/mol. The van der Waals surface area contributed by atoms with Crippen molar-refractivity contribution in [3.8, 4) is 11.8 Å². The van der Waals surface area contributed by atoms with E-state index in [9.17, 15) is 9.18 Å². The maximum absolute atomic E-state index is 13.7. The summed E-state index contributed by atoms with van der Waals surface area (Å²) in [5.41, 5.74) is 0.736. The molecule has 1 amide bonds. The highest BCUT2D eigenvalue weighted by atomic mass is 79.9. The van der Waals surface area contributed by atoms with Crippen LogP contribution in [0.1, 0.15) is 12.5 Å². The summed E-state index contributed by atoms with van der Waals surface area (Å²) in [7, 11) is 0. The van der Waals surface area contributed by atoms with Gasteiger partial charge in [-0.1, -0.05) is 28.1 Å². The molecule has 0 bridgehead atoms. The van der Waals surface area contributed by atoms with E-state index < -0.39 is 17.8 Å². The van der Waals surface area contributed by atoms with Crippen LogP contribution in [0.25, 0.3) is 0 Å². The predicted octanol–water partition coefficient (Wildman–Crippen LogP) is 3.87. The number of ether oxygens (including phenoxy) is 1. The van der Waals surface area contributed by atoms with E-state index in [2.05, 4.69) is 21.2 Å². The number of nitriles is 1. The van der Waals surface area contributed by atoms with Gasteiger partial charge >= 0.3 is 0 Å². The van der Waals surface area contributed by atoms with Gasteiger partial charge in [0.1, 0.15) is 6.07 Å². The van der Waals surface area contributed by atoms with Gasteiger partial charge in [-0.2, -0.15) is 5.26 Å². The largest absolute Gasteiger partial charge is 0.478 e. The van der Waals surface area contributed by atoms with Crippen LogP contribution in [0.5, 0.6) is 5.75 Å². The number of anilines is 1. The van der Waals surface area contributed by atoms with Gasteiger partial charge < -0.3 is 10.1 Å². The van der Waals surface area contributed by atoms with Crippen molar-refractivity contribution >= 4 is 27.5 Å². The van der Waals surface area contributed by atoms with Crippen LogP contribution >= 0.6 is 15.9 Å². The third kappa shape index (κ3) is 3.83. The van der Waals surface area contributed by atoms with Gasteiger partial charge in [-0.25, -0.2) is 4.39 Å². The first kappa shape index (κ1) is 16.0. The van der Waals surface area contributed by atoms with Gasteiger partial charge in [-0.05, 0) is 37.3 Å². The minimum atomic E-state index is -0.914. The highest BCUT2D eigenvalue weighted by molar-refractivity contribution is 9.10. The minimum absolute atomic E-state index is 0.0144. The van der Waals surface area contributed by atoms with Crippen molar-refractivity contribution < 1.29 is 13.9 Å². The second-order valence-corrected chi connectivity index (χ2v) is 5.40. The highest BCUT2D eigenvalue weighted by Crippen LogP contribution is 2.23. The van der Waals surface area contributed by atoms with E-state index in [1.165, 1.54) is 19.1 Å². The van der Waals surface area contributed by atoms with Crippen LogP contribution in [0.2, 0.25) is 0 Å². The fraction of sp³-hybridized carbons (Fsp3) is 0.125. The molecule has 0 fully saturated rings. The zero-order valence-corrected chi connectivity index (χ0v) is 13.2. The smallest absolute Gasteiger partial charge is 0.265 e. The number of rotatable bonds is 4. The maximum atomic E-state index is 13.7. The Kier molecular flexibility index (Phi) is 5.12. The molecule has 0 aromatic heterocycles. The topological polar surface area (TPSA) is 62.1 Å². The molecule has 0 saturated heterocycles. The van der Waals surface area contributed by atoms with Crippen LogP contribution in [0.4, 0.5) is 10.1 Å². The molecule has 0 spiro atoms. The van der Waals surface area contributed by atoms with Crippen molar-refractivity contribution in [2.75, 3.05) is 5.32 Å². The molecule has 4 nitrogen and oxygen atoms in total. The molecule has 0 aliphatic heterocycles. The minimum Gasteiger partial charge on any atom is -0.478 e. The molecule has 1 atom stereocenters. The Bertz CT molecular complexity index is 743. The second kappa shape index (κ2) is 7.05. The van der Waals surface area contributed by atoms with E-state index in [-0.39, 0.29) is 5.75 Å². The molecule has 2 aromatic rings. The van der Waals surface area contributed by atoms with Crippen molar-refractivity contribution in [1.29, 1.82) is 5.26 Å². The van der Waals surface area contributed by atoms with Gasteiger partial charge in [-0.3, -0.25) is 4.79 Å².